The van der Waals surface area contributed by atoms with E-state index in [1.807, 2.05) is 0 Å². The van der Waals surface area contributed by atoms with Gasteiger partial charge >= 0.3 is 10.1 Å². The summed E-state index contributed by atoms with van der Waals surface area (Å²) in [7, 11) is -3.87. The average Bonchev–Trinajstić information content (AvgIpc) is 2.67. The maximum atomic E-state index is 12.0. The molecule has 0 aliphatic heterocycles. The van der Waals surface area contributed by atoms with Gasteiger partial charge in [0.1, 0.15) is 4.90 Å². The molecule has 0 heterocycles. The number of nitriles is 1. The molecule has 124 valence electrons. The summed E-state index contributed by atoms with van der Waals surface area (Å²) in [6.07, 6.45) is 8.54. The van der Waals surface area contributed by atoms with Crippen LogP contribution in [-0.4, -0.2) is 14.6 Å². The zero-order valence-electron chi connectivity index (χ0n) is 13.1. The Morgan fingerprint density at radius 1 is 1.13 bits per heavy atom. The Labute approximate surface area is 138 Å². The minimum Gasteiger partial charge on any atom is -0.265 e. The quantitative estimate of drug-likeness (QED) is 0.618. The second-order valence-corrected chi connectivity index (χ2v) is 7.44. The lowest BCUT2D eigenvalue weighted by molar-refractivity contribution is 0.335. The fourth-order valence-electron chi connectivity index (χ4n) is 2.80. The number of rotatable bonds is 4. The van der Waals surface area contributed by atoms with Gasteiger partial charge in [-0.3, -0.25) is 4.28 Å². The van der Waals surface area contributed by atoms with Crippen LogP contribution >= 0.6 is 0 Å². The predicted octanol–water partition coefficient (Wildman–Crippen LogP) is 3.88. The number of oxime groups is 1. The molecule has 1 aliphatic carbocycles. The van der Waals surface area contributed by atoms with E-state index in [4.69, 9.17) is 4.28 Å². The van der Waals surface area contributed by atoms with E-state index in [1.54, 1.807) is 24.4 Å². The summed E-state index contributed by atoms with van der Waals surface area (Å²) >= 11 is 0. The van der Waals surface area contributed by atoms with Gasteiger partial charge in [-0.05, 0) is 37.3 Å². The van der Waals surface area contributed by atoms with Crippen LogP contribution in [0.15, 0.2) is 40.4 Å². The third-order valence-electron chi connectivity index (χ3n) is 4.09. The first-order valence-corrected chi connectivity index (χ1v) is 9.44. The highest BCUT2D eigenvalue weighted by molar-refractivity contribution is 7.86. The highest BCUT2D eigenvalue weighted by Crippen LogP contribution is 2.25. The van der Waals surface area contributed by atoms with Crippen LogP contribution in [0.25, 0.3) is 0 Å². The van der Waals surface area contributed by atoms with Crippen LogP contribution in [0.5, 0.6) is 0 Å². The predicted molar refractivity (Wildman–Crippen MR) is 88.1 cm³/mol. The molecular weight excluding hydrogens is 312 g/mol. The largest absolute Gasteiger partial charge is 0.358 e. The van der Waals surface area contributed by atoms with Crippen molar-refractivity contribution in [2.24, 2.45) is 17.0 Å². The SMILES string of the molecule is N#CC1CCCCCCC(C=NOS(=O)(=O)c2ccccc2)C1. The van der Waals surface area contributed by atoms with Crippen LogP contribution in [-0.2, 0) is 14.4 Å². The van der Waals surface area contributed by atoms with Gasteiger partial charge in [0, 0.05) is 12.1 Å². The fraction of sp³-hybridized carbons (Fsp3) is 0.529. The molecule has 1 aliphatic rings. The van der Waals surface area contributed by atoms with Crippen molar-refractivity contribution in [2.45, 2.75) is 49.8 Å². The molecule has 2 atom stereocenters. The Morgan fingerprint density at radius 3 is 2.52 bits per heavy atom. The topological polar surface area (TPSA) is 79.5 Å². The van der Waals surface area contributed by atoms with Crippen molar-refractivity contribution in [2.75, 3.05) is 0 Å². The monoisotopic (exact) mass is 334 g/mol. The number of nitrogens with zero attached hydrogens (tertiary/aromatic N) is 2. The number of hydrogen-bond donors (Lipinski definition) is 0. The van der Waals surface area contributed by atoms with E-state index in [2.05, 4.69) is 11.2 Å². The van der Waals surface area contributed by atoms with E-state index in [-0.39, 0.29) is 16.7 Å². The van der Waals surface area contributed by atoms with Gasteiger partial charge in [-0.1, -0.05) is 49.0 Å². The summed E-state index contributed by atoms with van der Waals surface area (Å²) in [4.78, 5) is 0.0847. The van der Waals surface area contributed by atoms with Crippen LogP contribution in [0.3, 0.4) is 0 Å². The molecule has 0 amide bonds. The summed E-state index contributed by atoms with van der Waals surface area (Å²) in [5, 5.41) is 12.9. The Morgan fingerprint density at radius 2 is 1.83 bits per heavy atom. The normalized spacial score (nSPS) is 23.4. The Bertz CT molecular complexity index is 650. The van der Waals surface area contributed by atoms with E-state index >= 15 is 0 Å². The van der Waals surface area contributed by atoms with Crippen LogP contribution in [0, 0.1) is 23.2 Å². The highest BCUT2D eigenvalue weighted by atomic mass is 32.2. The Balaban J connectivity index is 1.98. The van der Waals surface area contributed by atoms with Crippen molar-refractivity contribution in [1.29, 1.82) is 5.26 Å². The lowest BCUT2D eigenvalue weighted by Crippen LogP contribution is -2.10. The number of benzene rings is 1. The lowest BCUT2D eigenvalue weighted by atomic mass is 9.91. The van der Waals surface area contributed by atoms with Gasteiger partial charge in [0.25, 0.3) is 0 Å². The molecular formula is C17H22N2O3S. The smallest absolute Gasteiger partial charge is 0.265 e. The zero-order chi connectivity index (χ0) is 16.5. The molecule has 0 radical (unpaired) electrons. The molecule has 23 heavy (non-hydrogen) atoms. The first-order chi connectivity index (χ1) is 11.1. The second kappa shape index (κ2) is 8.68. The third kappa shape index (κ3) is 5.68. The molecule has 2 unspecified atom stereocenters. The van der Waals surface area contributed by atoms with Gasteiger partial charge in [0.15, 0.2) is 0 Å². The standard InChI is InChI=1S/C17H22N2O3S/c18-13-15-8-4-1-2-5-9-16(12-15)14-19-22-23(20,21)17-10-6-3-7-11-17/h3,6-7,10-11,14-16H,1-2,4-5,8-9,12H2. The molecule has 2 rings (SSSR count). The molecule has 6 heteroatoms. The summed E-state index contributed by atoms with van der Waals surface area (Å²) in [6, 6.07) is 10.3. The van der Waals surface area contributed by atoms with Gasteiger partial charge in [-0.2, -0.15) is 13.7 Å². The fourth-order valence-corrected chi connectivity index (χ4v) is 3.54. The second-order valence-electron chi connectivity index (χ2n) is 5.91. The van der Waals surface area contributed by atoms with Crippen LogP contribution in [0.1, 0.15) is 44.9 Å². The maximum absolute atomic E-state index is 12.0. The first kappa shape index (κ1) is 17.5. The van der Waals surface area contributed by atoms with Crippen LogP contribution < -0.4 is 0 Å². The van der Waals surface area contributed by atoms with Crippen molar-refractivity contribution >= 4 is 16.3 Å². The van der Waals surface area contributed by atoms with E-state index in [9.17, 15) is 13.7 Å². The molecule has 0 spiro atoms. The Kier molecular flexibility index (Phi) is 6.60. The summed E-state index contributed by atoms with van der Waals surface area (Å²) in [6.45, 7) is 0. The summed E-state index contributed by atoms with van der Waals surface area (Å²) in [5.41, 5.74) is 0. The summed E-state index contributed by atoms with van der Waals surface area (Å²) in [5.74, 6) is 0.0963. The van der Waals surface area contributed by atoms with E-state index in [0.29, 0.717) is 0 Å². The van der Waals surface area contributed by atoms with E-state index < -0.39 is 10.1 Å². The van der Waals surface area contributed by atoms with Crippen molar-refractivity contribution in [3.63, 3.8) is 0 Å². The molecule has 0 saturated heterocycles. The maximum Gasteiger partial charge on any atom is 0.358 e. The first-order valence-electron chi connectivity index (χ1n) is 8.03. The molecule has 5 nitrogen and oxygen atoms in total. The van der Waals surface area contributed by atoms with Gasteiger partial charge in [0.2, 0.25) is 0 Å². The van der Waals surface area contributed by atoms with Crippen LogP contribution in [0.4, 0.5) is 0 Å². The van der Waals surface area contributed by atoms with E-state index in [1.165, 1.54) is 12.1 Å². The third-order valence-corrected chi connectivity index (χ3v) is 5.22. The molecule has 0 N–H and O–H groups in total. The van der Waals surface area contributed by atoms with Crippen LogP contribution in [0.2, 0.25) is 0 Å². The molecule has 0 bridgehead atoms. The molecule has 1 aromatic carbocycles. The lowest BCUT2D eigenvalue weighted by Gasteiger charge is -2.13. The Hall–Kier alpha value is -1.87. The zero-order valence-corrected chi connectivity index (χ0v) is 13.9. The van der Waals surface area contributed by atoms with Gasteiger partial charge < -0.3 is 0 Å². The van der Waals surface area contributed by atoms with Crippen molar-refractivity contribution in [1.82, 2.24) is 0 Å². The van der Waals surface area contributed by atoms with E-state index in [0.717, 1.165) is 44.9 Å². The minimum absolute atomic E-state index is 0.00952. The molecule has 0 aromatic heterocycles. The minimum atomic E-state index is -3.87. The highest BCUT2D eigenvalue weighted by Gasteiger charge is 2.18. The number of hydrogen-bond acceptors (Lipinski definition) is 5. The van der Waals surface area contributed by atoms with Gasteiger partial charge in [-0.25, -0.2) is 0 Å². The average molecular weight is 334 g/mol. The molecule has 1 saturated carbocycles. The molecule has 1 fully saturated rings. The molecule has 1 aromatic rings. The van der Waals surface area contributed by atoms with Crippen molar-refractivity contribution in [3.8, 4) is 6.07 Å². The van der Waals surface area contributed by atoms with Gasteiger partial charge in [0.05, 0.1) is 6.07 Å². The van der Waals surface area contributed by atoms with Crippen molar-refractivity contribution < 1.29 is 12.7 Å². The van der Waals surface area contributed by atoms with Gasteiger partial charge in [-0.15, -0.1) is 0 Å². The summed E-state index contributed by atoms with van der Waals surface area (Å²) < 4.78 is 28.7. The van der Waals surface area contributed by atoms with Crippen molar-refractivity contribution in [3.05, 3.63) is 30.3 Å².